The molecule has 1 aliphatic carbocycles. The molecule has 18 heavy (non-hydrogen) atoms. The summed E-state index contributed by atoms with van der Waals surface area (Å²) in [5.74, 6) is 0.854. The number of hydrogen-bond donors (Lipinski definition) is 1. The Hall–Kier alpha value is -0.860. The van der Waals surface area contributed by atoms with Gasteiger partial charge in [0.15, 0.2) is 0 Å². The first-order chi connectivity index (χ1) is 8.84. The molecule has 1 heterocycles. The van der Waals surface area contributed by atoms with Crippen molar-refractivity contribution in [3.63, 3.8) is 0 Å². The molecule has 0 bridgehead atoms. The van der Waals surface area contributed by atoms with Gasteiger partial charge in [0, 0.05) is 10.7 Å². The highest BCUT2D eigenvalue weighted by Crippen LogP contribution is 2.35. The van der Waals surface area contributed by atoms with E-state index in [1.807, 2.05) is 11.3 Å². The Morgan fingerprint density at radius 3 is 2.78 bits per heavy atom. The number of nitrogens with two attached hydrogens (primary N) is 1. The summed E-state index contributed by atoms with van der Waals surface area (Å²) in [4.78, 5) is 0. The fraction of sp³-hybridized carbons (Fsp3) is 0.500. The van der Waals surface area contributed by atoms with Crippen LogP contribution < -0.4 is 5.73 Å². The van der Waals surface area contributed by atoms with Crippen LogP contribution in [0.1, 0.15) is 50.1 Å². The minimum absolute atomic E-state index is 0.226. The second-order valence-corrected chi connectivity index (χ2v) is 6.44. The van der Waals surface area contributed by atoms with Gasteiger partial charge in [0.2, 0.25) is 0 Å². The Labute approximate surface area is 113 Å². The van der Waals surface area contributed by atoms with Gasteiger partial charge >= 0.3 is 0 Å². The van der Waals surface area contributed by atoms with Gasteiger partial charge < -0.3 is 5.73 Å². The molecule has 1 nitrogen and oxygen atoms in total. The predicted octanol–water partition coefficient (Wildman–Crippen LogP) is 4.87. The van der Waals surface area contributed by atoms with E-state index in [0.29, 0.717) is 0 Å². The maximum Gasteiger partial charge on any atom is 0.0346 e. The third kappa shape index (κ3) is 2.45. The lowest BCUT2D eigenvalue weighted by atomic mass is 9.83. The van der Waals surface area contributed by atoms with E-state index in [1.54, 1.807) is 0 Å². The highest BCUT2D eigenvalue weighted by molar-refractivity contribution is 7.17. The van der Waals surface area contributed by atoms with Crippen LogP contribution in [0.3, 0.4) is 0 Å². The van der Waals surface area contributed by atoms with Gasteiger partial charge in [0.1, 0.15) is 0 Å². The average Bonchev–Trinajstić information content (AvgIpc) is 2.84. The maximum absolute atomic E-state index is 6.44. The minimum Gasteiger partial charge on any atom is -0.324 e. The van der Waals surface area contributed by atoms with Crippen molar-refractivity contribution in [2.24, 2.45) is 11.7 Å². The van der Waals surface area contributed by atoms with Gasteiger partial charge in [-0.1, -0.05) is 50.3 Å². The molecule has 1 saturated carbocycles. The number of rotatable bonds is 3. The molecule has 1 fully saturated rings. The van der Waals surface area contributed by atoms with Crippen LogP contribution in [0.4, 0.5) is 0 Å². The minimum atomic E-state index is 0.226. The van der Waals surface area contributed by atoms with E-state index in [0.717, 1.165) is 5.92 Å². The first-order valence-electron chi connectivity index (χ1n) is 7.06. The van der Waals surface area contributed by atoms with E-state index >= 15 is 0 Å². The second kappa shape index (κ2) is 5.41. The van der Waals surface area contributed by atoms with Crippen molar-refractivity contribution in [1.82, 2.24) is 0 Å². The summed E-state index contributed by atoms with van der Waals surface area (Å²) in [6.45, 7) is 0. The summed E-state index contributed by atoms with van der Waals surface area (Å²) in [5.41, 5.74) is 7.81. The highest BCUT2D eigenvalue weighted by atomic mass is 32.1. The number of fused-ring (bicyclic) bond motifs is 1. The lowest BCUT2D eigenvalue weighted by Gasteiger charge is -2.24. The molecule has 0 spiro atoms. The molecule has 3 rings (SSSR count). The molecule has 0 radical (unpaired) electrons. The van der Waals surface area contributed by atoms with Crippen molar-refractivity contribution in [3.8, 4) is 0 Å². The summed E-state index contributed by atoms with van der Waals surface area (Å²) in [6.07, 6.45) is 8.17. The molecule has 1 unspecified atom stereocenters. The lowest BCUT2D eigenvalue weighted by Crippen LogP contribution is -2.17. The van der Waals surface area contributed by atoms with Crippen LogP contribution >= 0.6 is 11.3 Å². The zero-order valence-electron chi connectivity index (χ0n) is 10.8. The summed E-state index contributed by atoms with van der Waals surface area (Å²) in [5, 5.41) is 3.63. The smallest absolute Gasteiger partial charge is 0.0346 e. The van der Waals surface area contributed by atoms with E-state index in [1.165, 1.54) is 54.2 Å². The zero-order valence-corrected chi connectivity index (χ0v) is 11.6. The Bertz CT molecular complexity index is 511. The van der Waals surface area contributed by atoms with E-state index in [4.69, 9.17) is 5.73 Å². The Morgan fingerprint density at radius 1 is 1.17 bits per heavy atom. The standard InChI is InChI=1S/C16H21NS/c17-15(10-12-6-2-1-3-7-12)14-11-18-16-9-5-4-8-13(14)16/h4-5,8-9,11-12,15H,1-3,6-7,10,17H2. The van der Waals surface area contributed by atoms with E-state index < -0.39 is 0 Å². The third-order valence-electron chi connectivity index (χ3n) is 4.22. The zero-order chi connectivity index (χ0) is 12.4. The average molecular weight is 259 g/mol. The van der Waals surface area contributed by atoms with Crippen molar-refractivity contribution in [1.29, 1.82) is 0 Å². The van der Waals surface area contributed by atoms with Crippen molar-refractivity contribution >= 4 is 21.4 Å². The number of benzene rings is 1. The van der Waals surface area contributed by atoms with E-state index in [2.05, 4.69) is 29.6 Å². The topological polar surface area (TPSA) is 26.0 Å². The van der Waals surface area contributed by atoms with Crippen LogP contribution in [0, 0.1) is 5.92 Å². The molecule has 0 saturated heterocycles. The van der Waals surface area contributed by atoms with Crippen LogP contribution in [-0.2, 0) is 0 Å². The molecule has 1 aliphatic rings. The Morgan fingerprint density at radius 2 is 1.94 bits per heavy atom. The summed E-state index contributed by atoms with van der Waals surface area (Å²) < 4.78 is 1.37. The molecule has 1 aromatic carbocycles. The van der Waals surface area contributed by atoms with Crippen LogP contribution in [0.25, 0.3) is 10.1 Å². The largest absolute Gasteiger partial charge is 0.324 e. The molecular formula is C16H21NS. The van der Waals surface area contributed by atoms with Crippen molar-refractivity contribution < 1.29 is 0 Å². The SMILES string of the molecule is NC(CC1CCCCC1)c1csc2ccccc12. The van der Waals surface area contributed by atoms with E-state index in [9.17, 15) is 0 Å². The number of thiophene rings is 1. The molecule has 0 aliphatic heterocycles. The Balaban J connectivity index is 1.76. The van der Waals surface area contributed by atoms with Gasteiger partial charge in [-0.15, -0.1) is 11.3 Å². The first-order valence-corrected chi connectivity index (χ1v) is 7.94. The summed E-state index contributed by atoms with van der Waals surface area (Å²) >= 11 is 1.82. The maximum atomic E-state index is 6.44. The quantitative estimate of drug-likeness (QED) is 0.836. The first kappa shape index (κ1) is 12.2. The highest BCUT2D eigenvalue weighted by Gasteiger charge is 2.19. The molecule has 1 atom stereocenters. The van der Waals surface area contributed by atoms with Crippen molar-refractivity contribution in [2.75, 3.05) is 0 Å². The molecule has 1 aromatic heterocycles. The molecule has 0 amide bonds. The van der Waals surface area contributed by atoms with Gasteiger partial charge in [-0.25, -0.2) is 0 Å². The van der Waals surface area contributed by atoms with Crippen LogP contribution in [-0.4, -0.2) is 0 Å². The predicted molar refractivity (Wildman–Crippen MR) is 79.9 cm³/mol. The molecule has 96 valence electrons. The van der Waals surface area contributed by atoms with Crippen LogP contribution in [0.15, 0.2) is 29.6 Å². The molecule has 2 aromatic rings. The molecule has 2 heteroatoms. The van der Waals surface area contributed by atoms with Crippen LogP contribution in [0.2, 0.25) is 0 Å². The van der Waals surface area contributed by atoms with Crippen molar-refractivity contribution in [3.05, 3.63) is 35.2 Å². The number of hydrogen-bond acceptors (Lipinski definition) is 2. The van der Waals surface area contributed by atoms with Crippen LogP contribution in [0.5, 0.6) is 0 Å². The third-order valence-corrected chi connectivity index (χ3v) is 5.20. The summed E-state index contributed by atoms with van der Waals surface area (Å²) in [7, 11) is 0. The van der Waals surface area contributed by atoms with Gasteiger partial charge in [0.05, 0.1) is 0 Å². The fourth-order valence-electron chi connectivity index (χ4n) is 3.19. The normalized spacial score (nSPS) is 19.2. The molecular weight excluding hydrogens is 238 g/mol. The fourth-order valence-corrected chi connectivity index (χ4v) is 4.22. The Kier molecular flexibility index (Phi) is 3.67. The van der Waals surface area contributed by atoms with Crippen molar-refractivity contribution in [2.45, 2.75) is 44.6 Å². The lowest BCUT2D eigenvalue weighted by molar-refractivity contribution is 0.320. The van der Waals surface area contributed by atoms with Gasteiger partial charge in [-0.3, -0.25) is 0 Å². The van der Waals surface area contributed by atoms with E-state index in [-0.39, 0.29) is 6.04 Å². The monoisotopic (exact) mass is 259 g/mol. The van der Waals surface area contributed by atoms with Gasteiger partial charge in [-0.2, -0.15) is 0 Å². The van der Waals surface area contributed by atoms with Gasteiger partial charge in [0.25, 0.3) is 0 Å². The summed E-state index contributed by atoms with van der Waals surface area (Å²) in [6, 6.07) is 8.85. The second-order valence-electron chi connectivity index (χ2n) is 5.53. The molecule has 2 N–H and O–H groups in total. The van der Waals surface area contributed by atoms with Gasteiger partial charge in [-0.05, 0) is 34.7 Å².